The summed E-state index contributed by atoms with van der Waals surface area (Å²) in [6, 6.07) is 6.07. The minimum Gasteiger partial charge on any atom is -0.466 e. The topological polar surface area (TPSA) is 84.5 Å². The minimum atomic E-state index is -1.29. The average Bonchev–Trinajstić information content (AvgIpc) is 2.94. The second kappa shape index (κ2) is 5.34. The molecule has 0 bridgehead atoms. The van der Waals surface area contributed by atoms with E-state index in [0.29, 0.717) is 11.3 Å². The van der Waals surface area contributed by atoms with E-state index in [4.69, 9.17) is 4.42 Å². The van der Waals surface area contributed by atoms with Crippen LogP contribution >= 0.6 is 0 Å². The zero-order valence-electron chi connectivity index (χ0n) is 11.3. The van der Waals surface area contributed by atoms with Crippen LogP contribution in [0.15, 0.2) is 45.9 Å². The molecule has 106 valence electrons. The molecule has 0 saturated heterocycles. The van der Waals surface area contributed by atoms with Crippen LogP contribution in [0.5, 0.6) is 0 Å². The summed E-state index contributed by atoms with van der Waals surface area (Å²) in [5.74, 6) is 0.00527. The van der Waals surface area contributed by atoms with Gasteiger partial charge in [-0.3, -0.25) is 9.59 Å². The molecule has 20 heavy (non-hydrogen) atoms. The molecule has 1 atom stereocenters. The van der Waals surface area contributed by atoms with Gasteiger partial charge in [0.25, 0.3) is 5.91 Å². The van der Waals surface area contributed by atoms with Crippen LogP contribution in [0, 0.1) is 0 Å². The Morgan fingerprint density at radius 3 is 2.80 bits per heavy atom. The molecule has 2 N–H and O–H groups in total. The Kier molecular flexibility index (Phi) is 3.76. The number of aliphatic hydroxyl groups is 1. The van der Waals surface area contributed by atoms with Crippen molar-refractivity contribution in [2.45, 2.75) is 12.5 Å². The molecular weight excluding hydrogens is 260 g/mol. The number of furan rings is 1. The Morgan fingerprint density at radius 2 is 2.20 bits per heavy atom. The molecule has 0 fully saturated rings. The van der Waals surface area contributed by atoms with Crippen molar-refractivity contribution in [1.82, 2.24) is 9.88 Å². The molecule has 2 aromatic rings. The maximum Gasteiger partial charge on any atom is 0.252 e. The summed E-state index contributed by atoms with van der Waals surface area (Å²) in [5, 5.41) is 12.8. The van der Waals surface area contributed by atoms with Gasteiger partial charge >= 0.3 is 0 Å². The third-order valence-corrected chi connectivity index (χ3v) is 2.99. The molecule has 0 radical (unpaired) electrons. The lowest BCUT2D eigenvalue weighted by molar-refractivity contribution is 0.0330. The summed E-state index contributed by atoms with van der Waals surface area (Å²) >= 11 is 0. The number of nitrogens with zero attached hydrogens (tertiary/aromatic N) is 1. The van der Waals surface area contributed by atoms with Crippen molar-refractivity contribution in [3.05, 3.63) is 58.4 Å². The number of pyridine rings is 1. The highest BCUT2D eigenvalue weighted by atomic mass is 16.4. The molecule has 0 saturated carbocycles. The van der Waals surface area contributed by atoms with Crippen molar-refractivity contribution in [3.63, 3.8) is 0 Å². The van der Waals surface area contributed by atoms with Crippen LogP contribution in [0.4, 0.5) is 0 Å². The lowest BCUT2D eigenvalue weighted by Gasteiger charge is -2.21. The third kappa shape index (κ3) is 2.97. The van der Waals surface area contributed by atoms with E-state index in [9.17, 15) is 14.7 Å². The molecule has 2 aromatic heterocycles. The molecule has 0 spiro atoms. The fraction of sp³-hybridized carbons (Fsp3) is 0.286. The monoisotopic (exact) mass is 276 g/mol. The number of carbonyl (C=O) groups is 1. The van der Waals surface area contributed by atoms with Gasteiger partial charge in [0.1, 0.15) is 11.4 Å². The second-order valence-corrected chi connectivity index (χ2v) is 4.80. The summed E-state index contributed by atoms with van der Waals surface area (Å²) in [6.07, 6.45) is 2.90. The Morgan fingerprint density at radius 1 is 1.45 bits per heavy atom. The van der Waals surface area contributed by atoms with Crippen molar-refractivity contribution in [1.29, 1.82) is 0 Å². The van der Waals surface area contributed by atoms with E-state index in [1.54, 1.807) is 26.1 Å². The predicted octanol–water partition coefficient (Wildman–Crippen LogP) is 0.616. The molecule has 1 amide bonds. The zero-order chi connectivity index (χ0) is 14.8. The first kappa shape index (κ1) is 14.1. The van der Waals surface area contributed by atoms with Gasteiger partial charge in [-0.15, -0.1) is 0 Å². The summed E-state index contributed by atoms with van der Waals surface area (Å²) in [5.41, 5.74) is -1.13. The first-order valence-electron chi connectivity index (χ1n) is 6.11. The van der Waals surface area contributed by atoms with Crippen LogP contribution in [0.1, 0.15) is 23.0 Å². The first-order chi connectivity index (χ1) is 9.40. The molecule has 0 aliphatic heterocycles. The highest BCUT2D eigenvalue weighted by Crippen LogP contribution is 2.19. The van der Waals surface area contributed by atoms with Gasteiger partial charge in [-0.25, -0.2) is 0 Å². The Hall–Kier alpha value is -2.34. The van der Waals surface area contributed by atoms with E-state index in [1.807, 2.05) is 0 Å². The maximum absolute atomic E-state index is 12.0. The van der Waals surface area contributed by atoms with Crippen molar-refractivity contribution in [2.24, 2.45) is 7.05 Å². The van der Waals surface area contributed by atoms with Gasteiger partial charge < -0.3 is 19.4 Å². The SMILES string of the molecule is Cn1cc(C(=O)NCC(C)(O)c2ccco2)ccc1=O. The van der Waals surface area contributed by atoms with Crippen LogP contribution in [-0.2, 0) is 12.6 Å². The van der Waals surface area contributed by atoms with Crippen LogP contribution < -0.4 is 10.9 Å². The molecule has 6 heteroatoms. The van der Waals surface area contributed by atoms with Crippen molar-refractivity contribution in [2.75, 3.05) is 6.54 Å². The number of aromatic nitrogens is 1. The Balaban J connectivity index is 2.05. The van der Waals surface area contributed by atoms with Crippen molar-refractivity contribution in [3.8, 4) is 0 Å². The normalized spacial score (nSPS) is 13.8. The maximum atomic E-state index is 12.0. The van der Waals surface area contributed by atoms with E-state index in [-0.39, 0.29) is 18.0 Å². The number of nitrogens with one attached hydrogen (secondary N) is 1. The van der Waals surface area contributed by atoms with Gasteiger partial charge in [0.15, 0.2) is 0 Å². The molecular formula is C14H16N2O4. The van der Waals surface area contributed by atoms with E-state index in [0.717, 1.165) is 0 Å². The highest BCUT2D eigenvalue weighted by molar-refractivity contribution is 5.93. The average molecular weight is 276 g/mol. The van der Waals surface area contributed by atoms with Crippen LogP contribution in [-0.4, -0.2) is 22.1 Å². The van der Waals surface area contributed by atoms with Crippen molar-refractivity contribution < 1.29 is 14.3 Å². The third-order valence-electron chi connectivity index (χ3n) is 2.99. The van der Waals surface area contributed by atoms with E-state index in [1.165, 1.54) is 29.2 Å². The Bertz CT molecular complexity index is 656. The Labute approximate surface area is 115 Å². The summed E-state index contributed by atoms with van der Waals surface area (Å²) in [6.45, 7) is 1.55. The number of rotatable bonds is 4. The molecule has 0 aliphatic rings. The van der Waals surface area contributed by atoms with Crippen molar-refractivity contribution >= 4 is 5.91 Å². The van der Waals surface area contributed by atoms with Gasteiger partial charge in [-0.1, -0.05) is 0 Å². The predicted molar refractivity (Wildman–Crippen MR) is 72.3 cm³/mol. The van der Waals surface area contributed by atoms with Gasteiger partial charge in [0, 0.05) is 19.3 Å². The van der Waals surface area contributed by atoms with E-state index in [2.05, 4.69) is 5.32 Å². The molecule has 0 aliphatic carbocycles. The number of amides is 1. The standard InChI is InChI=1S/C14H16N2O4/c1-14(19,11-4-3-7-20-11)9-15-13(18)10-5-6-12(17)16(2)8-10/h3-8,19H,9H2,1-2H3,(H,15,18). The molecule has 6 nitrogen and oxygen atoms in total. The lowest BCUT2D eigenvalue weighted by atomic mass is 10.0. The smallest absolute Gasteiger partial charge is 0.252 e. The summed E-state index contributed by atoms with van der Waals surface area (Å²) in [7, 11) is 1.57. The number of aryl methyl sites for hydroxylation is 1. The number of hydrogen-bond acceptors (Lipinski definition) is 4. The summed E-state index contributed by atoms with van der Waals surface area (Å²) in [4.78, 5) is 23.2. The zero-order valence-corrected chi connectivity index (χ0v) is 11.3. The van der Waals surface area contributed by atoms with Crippen LogP contribution in [0.25, 0.3) is 0 Å². The van der Waals surface area contributed by atoms with E-state index < -0.39 is 5.60 Å². The highest BCUT2D eigenvalue weighted by Gasteiger charge is 2.26. The minimum absolute atomic E-state index is 0.00217. The van der Waals surface area contributed by atoms with Crippen LogP contribution in [0.2, 0.25) is 0 Å². The van der Waals surface area contributed by atoms with E-state index >= 15 is 0 Å². The second-order valence-electron chi connectivity index (χ2n) is 4.80. The van der Waals surface area contributed by atoms with Gasteiger partial charge in [-0.2, -0.15) is 0 Å². The molecule has 0 aromatic carbocycles. The van der Waals surface area contributed by atoms with Gasteiger partial charge in [0.2, 0.25) is 5.56 Å². The van der Waals surface area contributed by atoms with Gasteiger partial charge in [0.05, 0.1) is 18.4 Å². The quantitative estimate of drug-likeness (QED) is 0.857. The molecule has 2 heterocycles. The summed E-state index contributed by atoms with van der Waals surface area (Å²) < 4.78 is 6.44. The lowest BCUT2D eigenvalue weighted by Crippen LogP contribution is -2.38. The number of hydrogen-bond donors (Lipinski definition) is 2. The molecule has 2 rings (SSSR count). The van der Waals surface area contributed by atoms with Gasteiger partial charge in [-0.05, 0) is 25.1 Å². The largest absolute Gasteiger partial charge is 0.466 e. The fourth-order valence-corrected chi connectivity index (χ4v) is 1.75. The fourth-order valence-electron chi connectivity index (χ4n) is 1.75. The van der Waals surface area contributed by atoms with Crippen LogP contribution in [0.3, 0.4) is 0 Å². The first-order valence-corrected chi connectivity index (χ1v) is 6.11. The number of carbonyl (C=O) groups excluding carboxylic acids is 1. The molecule has 1 unspecified atom stereocenters.